The average Bonchev–Trinajstić information content (AvgIpc) is 2.74. The van der Waals surface area contributed by atoms with E-state index < -0.39 is 0 Å². The number of rotatable bonds is 9. The second-order valence-corrected chi connectivity index (χ2v) is 8.52. The summed E-state index contributed by atoms with van der Waals surface area (Å²) in [5.74, 6) is 0.0209. The molecule has 2 aliphatic rings. The highest BCUT2D eigenvalue weighted by Gasteiger charge is 2.22. The molecule has 0 bridgehead atoms. The predicted octanol–water partition coefficient (Wildman–Crippen LogP) is 1.92. The maximum absolute atomic E-state index is 12.1. The highest BCUT2D eigenvalue weighted by Crippen LogP contribution is 2.19. The quantitative estimate of drug-likeness (QED) is 0.664. The third-order valence-corrected chi connectivity index (χ3v) is 6.26. The van der Waals surface area contributed by atoms with Gasteiger partial charge in [-0.1, -0.05) is 30.7 Å². The molecule has 0 saturated carbocycles. The van der Waals surface area contributed by atoms with Crippen molar-refractivity contribution in [1.82, 2.24) is 15.1 Å². The summed E-state index contributed by atoms with van der Waals surface area (Å²) in [6.07, 6.45) is 6.96. The van der Waals surface area contributed by atoms with Crippen molar-refractivity contribution < 1.29 is 9.59 Å². The molecule has 160 valence electrons. The number of amides is 2. The summed E-state index contributed by atoms with van der Waals surface area (Å²) in [7, 11) is 0. The molecule has 1 aromatic carbocycles. The van der Waals surface area contributed by atoms with Crippen LogP contribution in [0.1, 0.15) is 49.7 Å². The summed E-state index contributed by atoms with van der Waals surface area (Å²) in [6, 6.07) is 8.58. The fourth-order valence-electron chi connectivity index (χ4n) is 4.33. The molecule has 2 amide bonds. The van der Waals surface area contributed by atoms with Gasteiger partial charge in [0.05, 0.1) is 0 Å². The number of hydrogen-bond acceptors (Lipinski definition) is 4. The molecule has 0 aliphatic carbocycles. The van der Waals surface area contributed by atoms with Crippen LogP contribution in [-0.2, 0) is 22.6 Å². The number of likely N-dealkylation sites (tertiary alicyclic amines) is 2. The predicted molar refractivity (Wildman–Crippen MR) is 115 cm³/mol. The van der Waals surface area contributed by atoms with Crippen molar-refractivity contribution in [2.75, 3.05) is 39.3 Å². The first-order valence-electron chi connectivity index (χ1n) is 11.2. The van der Waals surface area contributed by atoms with Gasteiger partial charge in [0.25, 0.3) is 0 Å². The number of aryl methyl sites for hydroxylation is 1. The van der Waals surface area contributed by atoms with Crippen molar-refractivity contribution >= 4 is 11.8 Å². The van der Waals surface area contributed by atoms with E-state index in [0.717, 1.165) is 52.0 Å². The first kappa shape index (κ1) is 21.8. The zero-order valence-corrected chi connectivity index (χ0v) is 17.6. The van der Waals surface area contributed by atoms with Crippen molar-refractivity contribution in [3.8, 4) is 0 Å². The zero-order valence-electron chi connectivity index (χ0n) is 17.6. The van der Waals surface area contributed by atoms with E-state index in [-0.39, 0.29) is 17.7 Å². The Bertz CT molecular complexity index is 647. The smallest absolute Gasteiger partial charge is 0.220 e. The molecule has 0 atom stereocenters. The maximum Gasteiger partial charge on any atom is 0.220 e. The number of piperidine rings is 2. The summed E-state index contributed by atoms with van der Waals surface area (Å²) < 4.78 is 0. The highest BCUT2D eigenvalue weighted by atomic mass is 16.2. The summed E-state index contributed by atoms with van der Waals surface area (Å²) >= 11 is 0. The van der Waals surface area contributed by atoms with Gasteiger partial charge in [-0.25, -0.2) is 0 Å². The number of carbonyl (C=O) groups excluding carboxylic acids is 2. The van der Waals surface area contributed by atoms with Gasteiger partial charge in [-0.2, -0.15) is 0 Å². The minimum atomic E-state index is -0.162. The van der Waals surface area contributed by atoms with Gasteiger partial charge in [-0.3, -0.25) is 14.5 Å². The molecule has 29 heavy (non-hydrogen) atoms. The number of nitrogens with two attached hydrogens (primary N) is 1. The molecule has 0 spiro atoms. The van der Waals surface area contributed by atoms with Crippen LogP contribution in [0.2, 0.25) is 0 Å². The van der Waals surface area contributed by atoms with Crippen LogP contribution in [0.15, 0.2) is 24.3 Å². The molecular weight excluding hydrogens is 364 g/mol. The van der Waals surface area contributed by atoms with E-state index in [0.29, 0.717) is 6.42 Å². The number of benzene rings is 1. The van der Waals surface area contributed by atoms with E-state index in [9.17, 15) is 9.59 Å². The van der Waals surface area contributed by atoms with Crippen molar-refractivity contribution in [2.45, 2.75) is 51.5 Å². The summed E-state index contributed by atoms with van der Waals surface area (Å²) in [6.45, 7) is 6.82. The standard InChI is InChI=1S/C23H36N4O2/c24-23(29)21-10-15-27(16-11-21)18-20-6-4-19(5-7-20)8-9-22(28)25-12-17-26-13-2-1-3-14-26/h4-7,21H,1-3,8-18H2,(H2,24,29)(H,25,28). The topological polar surface area (TPSA) is 78.7 Å². The van der Waals surface area contributed by atoms with Gasteiger partial charge in [0.15, 0.2) is 0 Å². The van der Waals surface area contributed by atoms with E-state index in [4.69, 9.17) is 5.73 Å². The van der Waals surface area contributed by atoms with Crippen LogP contribution in [0.25, 0.3) is 0 Å². The molecular formula is C23H36N4O2. The number of nitrogens with one attached hydrogen (secondary N) is 1. The highest BCUT2D eigenvalue weighted by molar-refractivity contribution is 5.76. The molecule has 2 heterocycles. The third-order valence-electron chi connectivity index (χ3n) is 6.26. The van der Waals surface area contributed by atoms with Gasteiger partial charge < -0.3 is 16.0 Å². The Morgan fingerprint density at radius 2 is 1.59 bits per heavy atom. The molecule has 1 aromatic rings. The summed E-state index contributed by atoms with van der Waals surface area (Å²) in [4.78, 5) is 28.2. The monoisotopic (exact) mass is 400 g/mol. The molecule has 0 unspecified atom stereocenters. The lowest BCUT2D eigenvalue weighted by molar-refractivity contribution is -0.123. The van der Waals surface area contributed by atoms with Crippen molar-refractivity contribution in [2.24, 2.45) is 11.7 Å². The van der Waals surface area contributed by atoms with Crippen LogP contribution < -0.4 is 11.1 Å². The van der Waals surface area contributed by atoms with Gasteiger partial charge >= 0.3 is 0 Å². The minimum absolute atomic E-state index is 0.0413. The lowest BCUT2D eigenvalue weighted by atomic mass is 9.96. The Morgan fingerprint density at radius 1 is 0.931 bits per heavy atom. The molecule has 3 N–H and O–H groups in total. The van der Waals surface area contributed by atoms with E-state index in [1.165, 1.54) is 43.5 Å². The van der Waals surface area contributed by atoms with Gasteiger partial charge in [-0.15, -0.1) is 0 Å². The second-order valence-electron chi connectivity index (χ2n) is 8.52. The van der Waals surface area contributed by atoms with Gasteiger partial charge in [0.1, 0.15) is 0 Å². The number of carbonyl (C=O) groups is 2. The van der Waals surface area contributed by atoms with Crippen molar-refractivity contribution in [3.63, 3.8) is 0 Å². The average molecular weight is 401 g/mol. The largest absolute Gasteiger partial charge is 0.369 e. The summed E-state index contributed by atoms with van der Waals surface area (Å²) in [5, 5.41) is 3.06. The SMILES string of the molecule is NC(=O)C1CCN(Cc2ccc(CCC(=O)NCCN3CCCCC3)cc2)CC1. The lowest BCUT2D eigenvalue weighted by Gasteiger charge is -2.30. The molecule has 6 heteroatoms. The van der Waals surface area contributed by atoms with E-state index >= 15 is 0 Å². The molecule has 6 nitrogen and oxygen atoms in total. The third kappa shape index (κ3) is 7.44. The zero-order chi connectivity index (χ0) is 20.5. The Kier molecular flexibility index (Phi) is 8.50. The Morgan fingerprint density at radius 3 is 2.24 bits per heavy atom. The Hall–Kier alpha value is -1.92. The Labute approximate surface area is 174 Å². The van der Waals surface area contributed by atoms with Crippen LogP contribution in [0.4, 0.5) is 0 Å². The van der Waals surface area contributed by atoms with Crippen LogP contribution in [-0.4, -0.2) is 60.9 Å². The van der Waals surface area contributed by atoms with Crippen molar-refractivity contribution in [3.05, 3.63) is 35.4 Å². The molecule has 2 saturated heterocycles. The molecule has 2 aliphatic heterocycles. The lowest BCUT2D eigenvalue weighted by Crippen LogP contribution is -2.38. The van der Waals surface area contributed by atoms with Crippen LogP contribution in [0.5, 0.6) is 0 Å². The number of primary amides is 1. The van der Waals surface area contributed by atoms with Crippen molar-refractivity contribution in [1.29, 1.82) is 0 Å². The molecule has 0 aromatic heterocycles. The van der Waals surface area contributed by atoms with E-state index in [2.05, 4.69) is 39.4 Å². The van der Waals surface area contributed by atoms with Gasteiger partial charge in [0, 0.05) is 32.0 Å². The van der Waals surface area contributed by atoms with E-state index in [1.54, 1.807) is 0 Å². The first-order chi connectivity index (χ1) is 14.1. The minimum Gasteiger partial charge on any atom is -0.369 e. The number of hydrogen-bond donors (Lipinski definition) is 2. The molecule has 0 radical (unpaired) electrons. The number of nitrogens with zero attached hydrogens (tertiary/aromatic N) is 2. The summed E-state index contributed by atoms with van der Waals surface area (Å²) in [5.41, 5.74) is 7.88. The normalized spacial score (nSPS) is 19.2. The van der Waals surface area contributed by atoms with Gasteiger partial charge in [-0.05, 0) is 69.4 Å². The Balaban J connectivity index is 1.31. The first-order valence-corrected chi connectivity index (χ1v) is 11.2. The van der Waals surface area contributed by atoms with Crippen LogP contribution >= 0.6 is 0 Å². The molecule has 2 fully saturated rings. The van der Waals surface area contributed by atoms with Gasteiger partial charge in [0.2, 0.25) is 11.8 Å². The second kappa shape index (κ2) is 11.3. The fraction of sp³-hybridized carbons (Fsp3) is 0.652. The molecule has 3 rings (SSSR count). The van der Waals surface area contributed by atoms with Crippen LogP contribution in [0.3, 0.4) is 0 Å². The van der Waals surface area contributed by atoms with E-state index in [1.807, 2.05) is 0 Å². The maximum atomic E-state index is 12.1. The van der Waals surface area contributed by atoms with Crippen LogP contribution in [0, 0.1) is 5.92 Å². The fourth-order valence-corrected chi connectivity index (χ4v) is 4.33.